The standard InChI is InChI=1S/C35H29ClN2O7/c1-18-15-19(11-14-27(18)39)29-23-12-13-24-28(32(42)38(30(24)40)34(44)45-2)25(23)17-26-31(41)37(22-10-6-9-21(36)16-22)33(43)35(26,29)20-7-4-3-5-8-20/h3-12,14-16,24-26,28-29,39H,13,17H2,1-2H3/t24-,25+,26-,28-,29-,35+/m0/s1. The number of anilines is 1. The lowest BCUT2D eigenvalue weighted by atomic mass is 9.49. The van der Waals surface area contributed by atoms with E-state index in [0.717, 1.165) is 12.7 Å². The number of carbonyl (C=O) groups excluding carboxylic acids is 5. The second-order valence-electron chi connectivity index (χ2n) is 12.1. The van der Waals surface area contributed by atoms with Crippen molar-refractivity contribution >= 4 is 47.0 Å². The van der Waals surface area contributed by atoms with E-state index in [9.17, 15) is 24.3 Å². The number of aromatic hydroxyl groups is 1. The average molecular weight is 625 g/mol. The van der Waals surface area contributed by atoms with E-state index < -0.39 is 64.7 Å². The van der Waals surface area contributed by atoms with Gasteiger partial charge in [-0.15, -0.1) is 0 Å². The number of likely N-dealkylation sites (tertiary alicyclic amines) is 1. The van der Waals surface area contributed by atoms with Crippen molar-refractivity contribution in [2.45, 2.75) is 31.1 Å². The zero-order valence-corrected chi connectivity index (χ0v) is 25.2. The van der Waals surface area contributed by atoms with Crippen molar-refractivity contribution in [2.24, 2.45) is 23.7 Å². The molecule has 1 N–H and O–H groups in total. The summed E-state index contributed by atoms with van der Waals surface area (Å²) in [5.41, 5.74) is 1.57. The van der Waals surface area contributed by atoms with Gasteiger partial charge in [-0.05, 0) is 66.6 Å². The summed E-state index contributed by atoms with van der Waals surface area (Å²) in [6.07, 6.45) is 1.15. The number of halogens is 1. The van der Waals surface area contributed by atoms with Crippen LogP contribution in [-0.2, 0) is 29.3 Å². The number of fused-ring (bicyclic) bond motifs is 4. The molecule has 3 fully saturated rings. The Balaban J connectivity index is 1.49. The zero-order valence-electron chi connectivity index (χ0n) is 24.5. The first-order valence-corrected chi connectivity index (χ1v) is 15.1. The minimum absolute atomic E-state index is 0.0776. The van der Waals surface area contributed by atoms with E-state index in [1.807, 2.05) is 36.4 Å². The van der Waals surface area contributed by atoms with E-state index in [4.69, 9.17) is 16.3 Å². The number of hydrogen-bond donors (Lipinski definition) is 1. The van der Waals surface area contributed by atoms with Gasteiger partial charge in [0.15, 0.2) is 0 Å². The molecule has 2 heterocycles. The molecule has 5 amide bonds. The van der Waals surface area contributed by atoms with Gasteiger partial charge in [0.2, 0.25) is 23.6 Å². The molecule has 0 radical (unpaired) electrons. The van der Waals surface area contributed by atoms with Crippen LogP contribution in [0, 0.1) is 30.6 Å². The van der Waals surface area contributed by atoms with Gasteiger partial charge in [-0.25, -0.2) is 9.69 Å². The van der Waals surface area contributed by atoms with Crippen LogP contribution in [0.5, 0.6) is 5.75 Å². The first-order chi connectivity index (χ1) is 21.6. The Morgan fingerprint density at radius 2 is 1.69 bits per heavy atom. The number of phenolic OH excluding ortho intramolecular Hbond substituents is 1. The van der Waals surface area contributed by atoms with Crippen molar-refractivity contribution in [1.29, 1.82) is 0 Å². The third-order valence-electron chi connectivity index (χ3n) is 10.1. The number of imide groups is 4. The molecule has 3 aromatic carbocycles. The van der Waals surface area contributed by atoms with Gasteiger partial charge in [0, 0.05) is 10.9 Å². The SMILES string of the molecule is COC(=O)N1C(=O)[C@H]2[C@H](CC=C3[C@H]2C[C@H]2C(=O)N(c4cccc(Cl)c4)C(=O)[C@@]2(c2ccccc2)[C@H]3c2ccc(O)c(C)c2)C1=O. The highest BCUT2D eigenvalue weighted by Crippen LogP contribution is 2.64. The van der Waals surface area contributed by atoms with Crippen LogP contribution in [-0.4, -0.2) is 46.8 Å². The Bertz CT molecular complexity index is 1840. The van der Waals surface area contributed by atoms with Crippen LogP contribution in [0.2, 0.25) is 5.02 Å². The van der Waals surface area contributed by atoms with Crippen LogP contribution in [0.4, 0.5) is 10.5 Å². The second kappa shape index (κ2) is 10.4. The van der Waals surface area contributed by atoms with Crippen LogP contribution in [0.3, 0.4) is 0 Å². The summed E-state index contributed by atoms with van der Waals surface area (Å²) in [5, 5.41) is 10.8. The topological polar surface area (TPSA) is 121 Å². The van der Waals surface area contributed by atoms with E-state index in [-0.39, 0.29) is 18.6 Å². The van der Waals surface area contributed by atoms with Crippen LogP contribution < -0.4 is 4.90 Å². The molecule has 4 aliphatic rings. The van der Waals surface area contributed by atoms with Gasteiger partial charge in [-0.1, -0.05) is 71.8 Å². The van der Waals surface area contributed by atoms with Crippen LogP contribution >= 0.6 is 11.6 Å². The number of amides is 5. The summed E-state index contributed by atoms with van der Waals surface area (Å²) in [7, 11) is 1.11. The normalized spacial score (nSPS) is 28.9. The van der Waals surface area contributed by atoms with E-state index in [1.165, 1.54) is 4.90 Å². The second-order valence-corrected chi connectivity index (χ2v) is 12.6. The molecule has 7 rings (SSSR count). The highest BCUT2D eigenvalue weighted by atomic mass is 35.5. The lowest BCUT2D eigenvalue weighted by Crippen LogP contribution is -2.53. The summed E-state index contributed by atoms with van der Waals surface area (Å²) >= 11 is 6.33. The van der Waals surface area contributed by atoms with Gasteiger partial charge >= 0.3 is 6.09 Å². The van der Waals surface area contributed by atoms with Crippen LogP contribution in [0.25, 0.3) is 0 Å². The highest BCUT2D eigenvalue weighted by molar-refractivity contribution is 6.32. The lowest BCUT2D eigenvalue weighted by molar-refractivity contribution is -0.138. The smallest absolute Gasteiger partial charge is 0.423 e. The van der Waals surface area contributed by atoms with Crippen molar-refractivity contribution in [1.82, 2.24) is 4.90 Å². The minimum Gasteiger partial charge on any atom is -0.508 e. The number of rotatable bonds is 3. The number of allylic oxidation sites excluding steroid dienone is 2. The van der Waals surface area contributed by atoms with Gasteiger partial charge in [-0.3, -0.25) is 19.2 Å². The van der Waals surface area contributed by atoms with E-state index in [2.05, 4.69) is 0 Å². The van der Waals surface area contributed by atoms with Crippen molar-refractivity contribution < 1.29 is 33.8 Å². The molecule has 0 unspecified atom stereocenters. The van der Waals surface area contributed by atoms with E-state index in [0.29, 0.717) is 32.3 Å². The summed E-state index contributed by atoms with van der Waals surface area (Å²) in [5.74, 6) is -6.06. The summed E-state index contributed by atoms with van der Waals surface area (Å²) < 4.78 is 4.77. The number of benzene rings is 3. The lowest BCUT2D eigenvalue weighted by Gasteiger charge is -2.50. The third-order valence-corrected chi connectivity index (χ3v) is 10.3. The maximum absolute atomic E-state index is 15.1. The molecule has 228 valence electrons. The minimum atomic E-state index is -1.42. The molecular weight excluding hydrogens is 596 g/mol. The molecule has 2 aliphatic heterocycles. The fourth-order valence-electron chi connectivity index (χ4n) is 8.25. The molecule has 0 aromatic heterocycles. The van der Waals surface area contributed by atoms with Gasteiger partial charge < -0.3 is 9.84 Å². The molecule has 0 bridgehead atoms. The molecule has 9 nitrogen and oxygen atoms in total. The molecule has 10 heteroatoms. The van der Waals surface area contributed by atoms with Gasteiger partial charge in [0.1, 0.15) is 5.75 Å². The average Bonchev–Trinajstić information content (AvgIpc) is 3.43. The monoisotopic (exact) mass is 624 g/mol. The van der Waals surface area contributed by atoms with Gasteiger partial charge in [0.05, 0.1) is 36.0 Å². The third kappa shape index (κ3) is 3.96. The predicted octanol–water partition coefficient (Wildman–Crippen LogP) is 5.28. The first-order valence-electron chi connectivity index (χ1n) is 14.8. The van der Waals surface area contributed by atoms with Crippen LogP contribution in [0.1, 0.15) is 35.4 Å². The number of carbonyl (C=O) groups is 5. The molecule has 1 saturated carbocycles. The van der Waals surface area contributed by atoms with Gasteiger partial charge in [0.25, 0.3) is 0 Å². The Morgan fingerprint density at radius 3 is 2.38 bits per heavy atom. The highest BCUT2D eigenvalue weighted by Gasteiger charge is 2.70. The Kier molecular flexibility index (Phi) is 6.70. The Labute approximate surface area is 264 Å². The number of ether oxygens (including phenoxy) is 1. The fourth-order valence-corrected chi connectivity index (χ4v) is 8.43. The number of aryl methyl sites for hydroxylation is 1. The number of nitrogens with zero attached hydrogens (tertiary/aromatic N) is 2. The molecule has 6 atom stereocenters. The molecule has 3 aromatic rings. The van der Waals surface area contributed by atoms with Crippen molar-refractivity contribution in [3.05, 3.63) is 106 Å². The largest absolute Gasteiger partial charge is 0.508 e. The maximum Gasteiger partial charge on any atom is 0.423 e. The fraction of sp³-hybridized carbons (Fsp3) is 0.286. The number of hydrogen-bond acceptors (Lipinski definition) is 7. The Hall–Kier alpha value is -4.76. The molecule has 2 aliphatic carbocycles. The summed E-state index contributed by atoms with van der Waals surface area (Å²) in [6, 6.07) is 20.8. The first kappa shape index (κ1) is 29.0. The number of phenols is 1. The zero-order chi connectivity index (χ0) is 31.8. The van der Waals surface area contributed by atoms with Gasteiger partial charge in [-0.2, -0.15) is 4.90 Å². The van der Waals surface area contributed by atoms with Crippen molar-refractivity contribution in [2.75, 3.05) is 12.0 Å². The Morgan fingerprint density at radius 1 is 0.933 bits per heavy atom. The summed E-state index contributed by atoms with van der Waals surface area (Å²) in [4.78, 5) is 71.2. The van der Waals surface area contributed by atoms with Crippen LogP contribution in [0.15, 0.2) is 84.4 Å². The van der Waals surface area contributed by atoms with Crippen molar-refractivity contribution in [3.63, 3.8) is 0 Å². The quantitative estimate of drug-likeness (QED) is 0.311. The number of methoxy groups -OCH3 is 1. The van der Waals surface area contributed by atoms with E-state index >= 15 is 4.79 Å². The molecule has 45 heavy (non-hydrogen) atoms. The van der Waals surface area contributed by atoms with E-state index in [1.54, 1.807) is 49.4 Å². The summed E-state index contributed by atoms with van der Waals surface area (Å²) in [6.45, 7) is 1.75. The molecule has 2 saturated heterocycles. The van der Waals surface area contributed by atoms with Crippen molar-refractivity contribution in [3.8, 4) is 5.75 Å². The maximum atomic E-state index is 15.1. The molecular formula is C35H29ClN2O7. The molecule has 0 spiro atoms. The predicted molar refractivity (Wildman–Crippen MR) is 163 cm³/mol.